The minimum absolute atomic E-state index is 0.00768. The lowest BCUT2D eigenvalue weighted by Crippen LogP contribution is -2.22. The van der Waals surface area contributed by atoms with Crippen molar-refractivity contribution in [1.29, 1.82) is 0 Å². The number of likely N-dealkylation sites (N-methyl/N-ethyl adjacent to an activating group) is 1. The van der Waals surface area contributed by atoms with Crippen LogP contribution in [0.1, 0.15) is 126 Å². The molecule has 0 saturated heterocycles. The first-order valence-corrected chi connectivity index (χ1v) is 17.0. The van der Waals surface area contributed by atoms with E-state index in [1.807, 2.05) is 59.5 Å². The number of nitrogens with zero attached hydrogens (tertiary/aromatic N) is 3. The molecule has 1 aromatic heterocycles. The highest BCUT2D eigenvalue weighted by Crippen LogP contribution is 2.07. The van der Waals surface area contributed by atoms with Crippen molar-refractivity contribution in [2.75, 3.05) is 53.1 Å². The quantitative estimate of drug-likeness (QED) is 0.133. The Hall–Kier alpha value is -2.04. The highest BCUT2D eigenvalue weighted by atomic mass is 16.5. The molecule has 0 saturated carbocycles. The summed E-state index contributed by atoms with van der Waals surface area (Å²) in [5, 5.41) is 16.7. The van der Waals surface area contributed by atoms with Crippen LogP contribution < -0.4 is 16.0 Å². The zero-order valence-corrected chi connectivity index (χ0v) is 30.2. The van der Waals surface area contributed by atoms with Gasteiger partial charge in [0.05, 0.1) is 18.9 Å². The van der Waals surface area contributed by atoms with Crippen LogP contribution in [0, 0.1) is 5.92 Å². The summed E-state index contributed by atoms with van der Waals surface area (Å²) in [6.07, 6.45) is 12.0. The summed E-state index contributed by atoms with van der Waals surface area (Å²) in [6, 6.07) is 0. The molecule has 1 aromatic rings. The van der Waals surface area contributed by atoms with E-state index in [0.29, 0.717) is 19.8 Å². The second-order valence-corrected chi connectivity index (χ2v) is 9.67. The highest BCUT2D eigenvalue weighted by molar-refractivity contribution is 5.72. The number of nitrogens with one attached hydrogen (secondary N) is 3. The van der Waals surface area contributed by atoms with Gasteiger partial charge in [0, 0.05) is 65.9 Å². The van der Waals surface area contributed by atoms with Gasteiger partial charge in [-0.2, -0.15) is 0 Å². The molecule has 0 aromatic carbocycles. The maximum Gasteiger partial charge on any atom is 0.216 e. The molecule has 2 amide bonds. The number of ether oxygens (including phenoxy) is 2. The van der Waals surface area contributed by atoms with E-state index in [2.05, 4.69) is 40.1 Å². The maximum atomic E-state index is 10.6. The van der Waals surface area contributed by atoms with Crippen LogP contribution in [0.15, 0.2) is 6.20 Å². The zero-order chi connectivity index (χ0) is 33.6. The zero-order valence-electron chi connectivity index (χ0n) is 30.2. The predicted octanol–water partition coefficient (Wildman–Crippen LogP) is 6.19. The summed E-state index contributed by atoms with van der Waals surface area (Å²) in [7, 11) is 1.91. The van der Waals surface area contributed by atoms with Crippen LogP contribution in [0.4, 0.5) is 0 Å². The Bertz CT molecular complexity index is 672. The van der Waals surface area contributed by atoms with Gasteiger partial charge in [0.25, 0.3) is 0 Å². The summed E-state index contributed by atoms with van der Waals surface area (Å²) >= 11 is 0. The highest BCUT2D eigenvalue weighted by Gasteiger charge is 2.00. The van der Waals surface area contributed by atoms with Crippen molar-refractivity contribution < 1.29 is 19.1 Å². The molecule has 258 valence electrons. The Morgan fingerprint density at radius 2 is 1.26 bits per heavy atom. The molecular weight excluding hydrogens is 544 g/mol. The Morgan fingerprint density at radius 1 is 0.744 bits per heavy atom. The van der Waals surface area contributed by atoms with Crippen molar-refractivity contribution in [3.63, 3.8) is 0 Å². The fraction of sp³-hybridized carbons (Fsp3) is 0.879. The summed E-state index contributed by atoms with van der Waals surface area (Å²) < 4.78 is 12.9. The summed E-state index contributed by atoms with van der Waals surface area (Å²) in [4.78, 5) is 21.3. The van der Waals surface area contributed by atoms with Gasteiger partial charge < -0.3 is 25.4 Å². The lowest BCUT2D eigenvalue weighted by molar-refractivity contribution is -0.119. The molecule has 0 aliphatic rings. The van der Waals surface area contributed by atoms with Gasteiger partial charge in [0.1, 0.15) is 0 Å². The molecule has 0 spiro atoms. The van der Waals surface area contributed by atoms with E-state index in [4.69, 9.17) is 9.47 Å². The fourth-order valence-electron chi connectivity index (χ4n) is 3.35. The number of carbonyl (C=O) groups is 2. The van der Waals surface area contributed by atoms with Crippen LogP contribution in [0.25, 0.3) is 0 Å². The Kier molecular flexibility index (Phi) is 46.9. The second-order valence-electron chi connectivity index (χ2n) is 9.67. The molecule has 0 radical (unpaired) electrons. The second kappa shape index (κ2) is 42.1. The van der Waals surface area contributed by atoms with Crippen LogP contribution in [0.3, 0.4) is 0 Å². The minimum Gasteiger partial charge on any atom is -0.379 e. The van der Waals surface area contributed by atoms with Crippen LogP contribution in [0.2, 0.25) is 0 Å². The van der Waals surface area contributed by atoms with E-state index >= 15 is 0 Å². The number of amides is 2. The van der Waals surface area contributed by atoms with Crippen molar-refractivity contribution in [3.8, 4) is 0 Å². The van der Waals surface area contributed by atoms with Crippen LogP contribution >= 0.6 is 0 Å². The number of unbranched alkanes of at least 4 members (excludes halogenated alkanes) is 4. The third-order valence-electron chi connectivity index (χ3n) is 5.44. The molecule has 1 heterocycles. The van der Waals surface area contributed by atoms with E-state index in [1.165, 1.54) is 26.2 Å². The number of aryl methyl sites for hydroxylation is 1. The molecule has 10 nitrogen and oxygen atoms in total. The average Bonchev–Trinajstić information content (AvgIpc) is 3.47. The Labute approximate surface area is 266 Å². The summed E-state index contributed by atoms with van der Waals surface area (Å²) in [6.45, 7) is 25.8. The SMILES string of the molecule is CC.CC.CC.CC(=O)NCCCCCOCCOCCCCCC(C)C.CNCCc1cn(CCCNC(C)=O)nn1. The first-order valence-electron chi connectivity index (χ1n) is 17.0. The van der Waals surface area contributed by atoms with Gasteiger partial charge in [-0.3, -0.25) is 14.3 Å². The van der Waals surface area contributed by atoms with Crippen molar-refractivity contribution in [1.82, 2.24) is 30.9 Å². The molecule has 0 aliphatic heterocycles. The molecule has 0 unspecified atom stereocenters. The normalized spacial score (nSPS) is 9.67. The third kappa shape index (κ3) is 44.5. The number of rotatable bonds is 22. The van der Waals surface area contributed by atoms with Gasteiger partial charge >= 0.3 is 0 Å². The van der Waals surface area contributed by atoms with Crippen LogP contribution in [-0.4, -0.2) is 79.9 Å². The minimum atomic E-state index is 0.00768. The molecule has 0 aliphatic carbocycles. The van der Waals surface area contributed by atoms with Gasteiger partial charge in [-0.1, -0.05) is 79.9 Å². The third-order valence-corrected chi connectivity index (χ3v) is 5.44. The fourth-order valence-corrected chi connectivity index (χ4v) is 3.35. The largest absolute Gasteiger partial charge is 0.379 e. The van der Waals surface area contributed by atoms with E-state index in [1.54, 1.807) is 6.92 Å². The van der Waals surface area contributed by atoms with E-state index in [0.717, 1.165) is 83.0 Å². The van der Waals surface area contributed by atoms with E-state index < -0.39 is 0 Å². The smallest absolute Gasteiger partial charge is 0.216 e. The van der Waals surface area contributed by atoms with Crippen molar-refractivity contribution >= 4 is 11.8 Å². The molecule has 1 rings (SSSR count). The van der Waals surface area contributed by atoms with Crippen LogP contribution in [0.5, 0.6) is 0 Å². The van der Waals surface area contributed by atoms with Gasteiger partial charge in [0.15, 0.2) is 0 Å². The first kappa shape index (κ1) is 47.9. The number of hydrogen-bond acceptors (Lipinski definition) is 7. The Morgan fingerprint density at radius 3 is 1.74 bits per heavy atom. The predicted molar refractivity (Wildman–Crippen MR) is 182 cm³/mol. The van der Waals surface area contributed by atoms with Crippen molar-refractivity contribution in [3.05, 3.63) is 11.9 Å². The van der Waals surface area contributed by atoms with Gasteiger partial charge in [-0.25, -0.2) is 0 Å². The van der Waals surface area contributed by atoms with Gasteiger partial charge in [-0.15, -0.1) is 5.10 Å². The monoisotopic (exact) mass is 617 g/mol. The topological polar surface area (TPSA) is 119 Å². The summed E-state index contributed by atoms with van der Waals surface area (Å²) in [5.74, 6) is 0.874. The van der Waals surface area contributed by atoms with E-state index in [9.17, 15) is 9.59 Å². The first-order chi connectivity index (χ1) is 20.8. The molecule has 43 heavy (non-hydrogen) atoms. The number of hydrogen-bond donors (Lipinski definition) is 3. The molecule has 10 heteroatoms. The lowest BCUT2D eigenvalue weighted by Gasteiger charge is -2.07. The van der Waals surface area contributed by atoms with Crippen molar-refractivity contribution in [2.24, 2.45) is 5.92 Å². The molecule has 0 fully saturated rings. The summed E-state index contributed by atoms with van der Waals surface area (Å²) in [5.41, 5.74) is 0.994. The maximum absolute atomic E-state index is 10.6. The van der Waals surface area contributed by atoms with Gasteiger partial charge in [-0.05, 0) is 45.1 Å². The van der Waals surface area contributed by atoms with Crippen LogP contribution in [-0.2, 0) is 32.0 Å². The number of aromatic nitrogens is 3. The van der Waals surface area contributed by atoms with Gasteiger partial charge in [0.2, 0.25) is 11.8 Å². The number of carbonyl (C=O) groups excluding carboxylic acids is 2. The van der Waals surface area contributed by atoms with Crippen molar-refractivity contribution in [2.45, 2.75) is 134 Å². The molecular formula is C33H72N6O4. The lowest BCUT2D eigenvalue weighted by atomic mass is 10.1. The molecule has 0 atom stereocenters. The Balaban J connectivity index is -0.000000307. The molecule has 3 N–H and O–H groups in total. The average molecular weight is 617 g/mol. The van der Waals surface area contributed by atoms with E-state index in [-0.39, 0.29) is 11.8 Å². The standard InChI is InChI=1S/C17H35NO3.C10H19N5O.3C2H6/c1-16(2)10-6-4-8-12-20-14-15-21-13-9-5-7-11-18-17(3)19;1-9(16)12-5-3-7-15-8-10(13-14-15)4-6-11-2;3*1-2/h16H,4-15H2,1-3H3,(H,18,19);8,11H,3-7H2,1-2H3,(H,12,16);3*1-2H3. The molecule has 0 bridgehead atoms.